The van der Waals surface area contributed by atoms with Gasteiger partial charge in [-0.05, 0) is 54.6 Å². The SMILES string of the molecule is COc1ccc(-c2cc(=O)c3cc(OC(=O)c4ccc(Cl)c([N+](=O)[O-])c4)ccc3o2)cc1. The largest absolute Gasteiger partial charge is 0.497 e. The van der Waals surface area contributed by atoms with Crippen molar-refractivity contribution in [1.29, 1.82) is 0 Å². The molecule has 160 valence electrons. The molecule has 32 heavy (non-hydrogen) atoms. The van der Waals surface area contributed by atoms with E-state index in [1.807, 2.05) is 0 Å². The third kappa shape index (κ3) is 4.17. The smallest absolute Gasteiger partial charge is 0.343 e. The first-order valence-electron chi connectivity index (χ1n) is 9.24. The van der Waals surface area contributed by atoms with Crippen LogP contribution < -0.4 is 14.9 Å². The molecule has 0 fully saturated rings. The highest BCUT2D eigenvalue weighted by Gasteiger charge is 2.18. The molecule has 0 spiro atoms. The molecule has 8 nitrogen and oxygen atoms in total. The zero-order chi connectivity index (χ0) is 22.8. The number of benzene rings is 3. The Bertz CT molecular complexity index is 1410. The van der Waals surface area contributed by atoms with E-state index in [0.717, 1.165) is 6.07 Å². The number of rotatable bonds is 5. The molecule has 0 N–H and O–H groups in total. The Hall–Kier alpha value is -4.17. The van der Waals surface area contributed by atoms with Gasteiger partial charge in [0, 0.05) is 17.7 Å². The van der Waals surface area contributed by atoms with Gasteiger partial charge in [-0.25, -0.2) is 4.79 Å². The fourth-order valence-electron chi connectivity index (χ4n) is 3.04. The summed E-state index contributed by atoms with van der Waals surface area (Å²) in [6.07, 6.45) is 0. The van der Waals surface area contributed by atoms with E-state index in [9.17, 15) is 19.7 Å². The van der Waals surface area contributed by atoms with Crippen molar-refractivity contribution < 1.29 is 23.6 Å². The van der Waals surface area contributed by atoms with Crippen LogP contribution in [0, 0.1) is 10.1 Å². The Morgan fingerprint density at radius 2 is 1.72 bits per heavy atom. The molecule has 0 bridgehead atoms. The number of carbonyl (C=O) groups is 1. The van der Waals surface area contributed by atoms with E-state index in [1.165, 1.54) is 36.4 Å². The van der Waals surface area contributed by atoms with Crippen molar-refractivity contribution in [3.63, 3.8) is 0 Å². The molecule has 3 aromatic carbocycles. The monoisotopic (exact) mass is 451 g/mol. The van der Waals surface area contributed by atoms with E-state index in [1.54, 1.807) is 31.4 Å². The highest BCUT2D eigenvalue weighted by atomic mass is 35.5. The van der Waals surface area contributed by atoms with Gasteiger partial charge in [0.05, 0.1) is 23.0 Å². The van der Waals surface area contributed by atoms with Crippen LogP contribution in [-0.4, -0.2) is 18.0 Å². The minimum atomic E-state index is -0.830. The Balaban J connectivity index is 1.63. The van der Waals surface area contributed by atoms with Crippen LogP contribution in [0.4, 0.5) is 5.69 Å². The lowest BCUT2D eigenvalue weighted by Gasteiger charge is -2.07. The van der Waals surface area contributed by atoms with Gasteiger partial charge in [-0.15, -0.1) is 0 Å². The van der Waals surface area contributed by atoms with E-state index < -0.39 is 16.6 Å². The van der Waals surface area contributed by atoms with Gasteiger partial charge in [-0.2, -0.15) is 0 Å². The third-order valence-corrected chi connectivity index (χ3v) is 4.98. The van der Waals surface area contributed by atoms with E-state index in [-0.39, 0.29) is 27.2 Å². The minimum Gasteiger partial charge on any atom is -0.497 e. The Morgan fingerprint density at radius 3 is 2.41 bits per heavy atom. The number of nitro groups is 1. The fraction of sp³-hybridized carbons (Fsp3) is 0.0435. The first kappa shape index (κ1) is 21.1. The third-order valence-electron chi connectivity index (χ3n) is 4.66. The lowest BCUT2D eigenvalue weighted by molar-refractivity contribution is -0.384. The van der Waals surface area contributed by atoms with Crippen molar-refractivity contribution in [3.8, 4) is 22.8 Å². The van der Waals surface area contributed by atoms with Crippen LogP contribution in [0.25, 0.3) is 22.3 Å². The molecule has 0 saturated carbocycles. The summed E-state index contributed by atoms with van der Waals surface area (Å²) in [6, 6.07) is 16.3. The van der Waals surface area contributed by atoms with E-state index in [2.05, 4.69) is 0 Å². The molecule has 1 aromatic heterocycles. The summed E-state index contributed by atoms with van der Waals surface area (Å²) in [5.74, 6) is 0.311. The second kappa shape index (κ2) is 8.52. The molecular weight excluding hydrogens is 438 g/mol. The quantitative estimate of drug-likeness (QED) is 0.176. The molecule has 0 aliphatic carbocycles. The number of nitro benzene ring substituents is 1. The van der Waals surface area contributed by atoms with Crippen molar-refractivity contribution in [2.75, 3.05) is 7.11 Å². The van der Waals surface area contributed by atoms with E-state index in [0.29, 0.717) is 22.7 Å². The number of carbonyl (C=O) groups excluding carboxylic acids is 1. The van der Waals surface area contributed by atoms with Crippen molar-refractivity contribution >= 4 is 34.2 Å². The summed E-state index contributed by atoms with van der Waals surface area (Å²) in [7, 11) is 1.56. The second-order valence-corrected chi connectivity index (χ2v) is 7.08. The second-order valence-electron chi connectivity index (χ2n) is 6.67. The molecule has 0 unspecified atom stereocenters. The molecule has 1 heterocycles. The normalized spacial score (nSPS) is 10.7. The van der Waals surface area contributed by atoms with Crippen LogP contribution in [-0.2, 0) is 0 Å². The molecule has 0 saturated heterocycles. The summed E-state index contributed by atoms with van der Waals surface area (Å²) < 4.78 is 16.2. The van der Waals surface area contributed by atoms with E-state index in [4.69, 9.17) is 25.5 Å². The first-order valence-corrected chi connectivity index (χ1v) is 9.62. The molecule has 0 atom stereocenters. The predicted octanol–water partition coefficient (Wildman–Crippen LogP) is 5.25. The van der Waals surface area contributed by atoms with Crippen LogP contribution in [0.3, 0.4) is 0 Å². The molecule has 0 aliphatic rings. The number of hydrogen-bond donors (Lipinski definition) is 0. The average Bonchev–Trinajstić information content (AvgIpc) is 2.79. The zero-order valence-corrected chi connectivity index (χ0v) is 17.3. The molecule has 0 amide bonds. The molecule has 0 radical (unpaired) electrons. The fourth-order valence-corrected chi connectivity index (χ4v) is 3.23. The van der Waals surface area contributed by atoms with Crippen LogP contribution >= 0.6 is 11.6 Å². The number of halogens is 1. The van der Waals surface area contributed by atoms with Gasteiger partial charge < -0.3 is 13.9 Å². The summed E-state index contributed by atoms with van der Waals surface area (Å²) >= 11 is 5.77. The number of fused-ring (bicyclic) bond motifs is 1. The molecule has 4 aromatic rings. The number of ether oxygens (including phenoxy) is 2. The predicted molar refractivity (Wildman–Crippen MR) is 118 cm³/mol. The summed E-state index contributed by atoms with van der Waals surface area (Å²) in [5.41, 5.74) is 0.224. The lowest BCUT2D eigenvalue weighted by atomic mass is 10.1. The molecule has 0 aliphatic heterocycles. The van der Waals surface area contributed by atoms with Gasteiger partial charge in [0.2, 0.25) is 0 Å². The van der Waals surface area contributed by atoms with Gasteiger partial charge in [-0.3, -0.25) is 14.9 Å². The van der Waals surface area contributed by atoms with Crippen LogP contribution in [0.2, 0.25) is 5.02 Å². The van der Waals surface area contributed by atoms with Gasteiger partial charge in [0.1, 0.15) is 27.9 Å². The van der Waals surface area contributed by atoms with Crippen molar-refractivity contribution in [2.45, 2.75) is 0 Å². The molecule has 4 rings (SSSR count). The number of hydrogen-bond acceptors (Lipinski definition) is 7. The first-order chi connectivity index (χ1) is 15.4. The summed E-state index contributed by atoms with van der Waals surface area (Å²) in [5, 5.41) is 11.1. The summed E-state index contributed by atoms with van der Waals surface area (Å²) in [4.78, 5) is 35.4. The van der Waals surface area contributed by atoms with Crippen LogP contribution in [0.1, 0.15) is 10.4 Å². The number of methoxy groups -OCH3 is 1. The lowest BCUT2D eigenvalue weighted by Crippen LogP contribution is -2.09. The zero-order valence-electron chi connectivity index (χ0n) is 16.5. The minimum absolute atomic E-state index is 0.0527. The maximum atomic E-state index is 12.6. The molecular formula is C23H14ClNO7. The average molecular weight is 452 g/mol. The number of nitrogens with zero attached hydrogens (tertiary/aromatic N) is 1. The van der Waals surface area contributed by atoms with Crippen LogP contribution in [0.5, 0.6) is 11.5 Å². The number of esters is 1. The highest BCUT2D eigenvalue weighted by molar-refractivity contribution is 6.32. The van der Waals surface area contributed by atoms with Crippen molar-refractivity contribution in [3.05, 3.63) is 97.7 Å². The maximum Gasteiger partial charge on any atom is 0.343 e. The van der Waals surface area contributed by atoms with Gasteiger partial charge in [0.25, 0.3) is 5.69 Å². The van der Waals surface area contributed by atoms with E-state index >= 15 is 0 Å². The molecule has 9 heteroatoms. The Kier molecular flexibility index (Phi) is 5.61. The Labute approximate surface area is 185 Å². The maximum absolute atomic E-state index is 12.6. The summed E-state index contributed by atoms with van der Waals surface area (Å²) in [6.45, 7) is 0. The van der Waals surface area contributed by atoms with Crippen molar-refractivity contribution in [1.82, 2.24) is 0 Å². The standard InChI is InChI=1S/C23H14ClNO7/c1-30-15-5-2-13(3-6-15)22-12-20(26)17-11-16(7-9-21(17)32-22)31-23(27)14-4-8-18(24)19(10-14)25(28)29/h2-12H,1H3. The van der Waals surface area contributed by atoms with Crippen LogP contribution in [0.15, 0.2) is 75.9 Å². The highest BCUT2D eigenvalue weighted by Crippen LogP contribution is 2.28. The Morgan fingerprint density at radius 1 is 1.00 bits per heavy atom. The topological polar surface area (TPSA) is 109 Å². The van der Waals surface area contributed by atoms with Gasteiger partial charge >= 0.3 is 5.97 Å². The van der Waals surface area contributed by atoms with Crippen molar-refractivity contribution in [2.24, 2.45) is 0 Å². The van der Waals surface area contributed by atoms with Gasteiger partial charge in [-0.1, -0.05) is 11.6 Å². The van der Waals surface area contributed by atoms with Gasteiger partial charge in [0.15, 0.2) is 5.43 Å².